The molecule has 0 aliphatic heterocycles. The molecule has 0 amide bonds. The van der Waals surface area contributed by atoms with E-state index in [-0.39, 0.29) is 5.88 Å². The van der Waals surface area contributed by atoms with Crippen molar-refractivity contribution in [3.63, 3.8) is 0 Å². The number of nitrogens with zero attached hydrogens (tertiary/aromatic N) is 2. The fraction of sp³-hybridized carbons (Fsp3) is 0. The van der Waals surface area contributed by atoms with E-state index in [1.807, 2.05) is 18.2 Å². The van der Waals surface area contributed by atoms with Crippen molar-refractivity contribution in [3.05, 3.63) is 55.0 Å². The minimum Gasteiger partial charge on any atom is -0.449 e. The number of hydrogen-bond donors (Lipinski definition) is 1. The van der Waals surface area contributed by atoms with Gasteiger partial charge in [0.05, 0.1) is 0 Å². The van der Waals surface area contributed by atoms with Crippen LogP contribution in [0, 0.1) is 0 Å². The van der Waals surface area contributed by atoms with E-state index in [2.05, 4.69) is 14.7 Å². The van der Waals surface area contributed by atoms with Crippen LogP contribution in [-0.2, 0) is 0 Å². The summed E-state index contributed by atoms with van der Waals surface area (Å²) in [6.45, 7) is 0. The normalized spacial score (nSPS) is 8.50. The van der Waals surface area contributed by atoms with Crippen LogP contribution in [0.2, 0.25) is 0 Å². The highest BCUT2D eigenvalue weighted by molar-refractivity contribution is 5.60. The van der Waals surface area contributed by atoms with Crippen LogP contribution in [0.5, 0.6) is 5.88 Å². The molecule has 0 bridgehead atoms. The number of aromatic nitrogens is 2. The van der Waals surface area contributed by atoms with Gasteiger partial charge in [-0.3, -0.25) is 4.98 Å². The minimum atomic E-state index is -1.35. The Morgan fingerprint density at radius 3 is 2.12 bits per heavy atom. The molecule has 5 heteroatoms. The van der Waals surface area contributed by atoms with Gasteiger partial charge in [-0.1, -0.05) is 12.1 Å². The first-order valence-corrected chi connectivity index (χ1v) is 4.46. The molecule has 0 aromatic carbocycles. The Kier molecular flexibility index (Phi) is 5.05. The second kappa shape index (κ2) is 6.94. The topological polar surface area (TPSA) is 72.3 Å². The van der Waals surface area contributed by atoms with Crippen LogP contribution in [0.4, 0.5) is 4.79 Å². The average Bonchev–Trinajstić information content (AvgIpc) is 2.32. The summed E-state index contributed by atoms with van der Waals surface area (Å²) >= 11 is 0. The highest BCUT2D eigenvalue weighted by Crippen LogP contribution is 2.02. The Bertz CT molecular complexity index is 379. The summed E-state index contributed by atoms with van der Waals surface area (Å²) in [5.74, 6) is 0.0926. The van der Waals surface area contributed by atoms with Crippen molar-refractivity contribution in [1.82, 2.24) is 9.97 Å². The minimum absolute atomic E-state index is 0.0926. The predicted molar refractivity (Wildman–Crippen MR) is 57.1 cm³/mol. The van der Waals surface area contributed by atoms with E-state index in [0.717, 1.165) is 0 Å². The second-order valence-corrected chi connectivity index (χ2v) is 2.56. The first kappa shape index (κ1) is 11.6. The molecule has 82 valence electrons. The first-order chi connectivity index (χ1) is 7.79. The van der Waals surface area contributed by atoms with E-state index in [9.17, 15) is 4.79 Å². The van der Waals surface area contributed by atoms with Gasteiger partial charge in [-0.05, 0) is 18.2 Å². The lowest BCUT2D eigenvalue weighted by Gasteiger charge is -1.94. The average molecular weight is 218 g/mol. The van der Waals surface area contributed by atoms with Crippen LogP contribution >= 0.6 is 0 Å². The van der Waals surface area contributed by atoms with E-state index < -0.39 is 6.16 Å². The molecule has 2 aromatic rings. The number of ether oxygens (including phenoxy) is 1. The smallest absolute Gasteiger partial charge is 0.449 e. The van der Waals surface area contributed by atoms with E-state index in [1.54, 1.807) is 24.5 Å². The van der Waals surface area contributed by atoms with Crippen molar-refractivity contribution in [2.75, 3.05) is 0 Å². The third-order valence-corrected chi connectivity index (χ3v) is 1.40. The molecule has 0 spiro atoms. The van der Waals surface area contributed by atoms with Gasteiger partial charge in [0.1, 0.15) is 0 Å². The van der Waals surface area contributed by atoms with Crippen LogP contribution in [0.1, 0.15) is 0 Å². The molecule has 1 N–H and O–H groups in total. The predicted octanol–water partition coefficient (Wildman–Crippen LogP) is 2.22. The molecule has 0 unspecified atom stereocenters. The Labute approximate surface area is 92.4 Å². The summed E-state index contributed by atoms with van der Waals surface area (Å²) in [7, 11) is 0. The highest BCUT2D eigenvalue weighted by atomic mass is 16.7. The zero-order chi connectivity index (χ0) is 11.6. The van der Waals surface area contributed by atoms with Crippen molar-refractivity contribution in [2.45, 2.75) is 0 Å². The van der Waals surface area contributed by atoms with Gasteiger partial charge in [0.25, 0.3) is 0 Å². The molecule has 0 fully saturated rings. The zero-order valence-corrected chi connectivity index (χ0v) is 8.35. The summed E-state index contributed by atoms with van der Waals surface area (Å²) < 4.78 is 4.22. The number of rotatable bonds is 1. The molecule has 0 radical (unpaired) electrons. The maximum atomic E-state index is 9.91. The molecule has 0 aliphatic carbocycles. The standard InChI is InChI=1S/C6H5NO3.C5H5N/c8-6(9)10-5-3-1-2-4-7-5;1-2-4-6-5-3-1/h1-4H,(H,8,9);1-5H. The van der Waals surface area contributed by atoms with Crippen molar-refractivity contribution in [1.29, 1.82) is 0 Å². The van der Waals surface area contributed by atoms with E-state index in [1.165, 1.54) is 12.3 Å². The summed E-state index contributed by atoms with van der Waals surface area (Å²) in [4.78, 5) is 17.3. The lowest BCUT2D eigenvalue weighted by atomic mass is 10.5. The molecule has 0 saturated heterocycles. The van der Waals surface area contributed by atoms with Crippen molar-refractivity contribution in [3.8, 4) is 5.88 Å². The Balaban J connectivity index is 0.000000181. The Hall–Kier alpha value is -2.43. The van der Waals surface area contributed by atoms with Gasteiger partial charge < -0.3 is 9.84 Å². The zero-order valence-electron chi connectivity index (χ0n) is 8.35. The molecule has 16 heavy (non-hydrogen) atoms. The summed E-state index contributed by atoms with van der Waals surface area (Å²) in [5.41, 5.74) is 0. The largest absolute Gasteiger partial charge is 0.512 e. The van der Waals surface area contributed by atoms with Crippen molar-refractivity contribution in [2.24, 2.45) is 0 Å². The van der Waals surface area contributed by atoms with E-state index in [4.69, 9.17) is 5.11 Å². The van der Waals surface area contributed by atoms with Crippen LogP contribution in [0.25, 0.3) is 0 Å². The third-order valence-electron chi connectivity index (χ3n) is 1.40. The SMILES string of the molecule is O=C(O)Oc1ccccn1.c1ccncc1. The quantitative estimate of drug-likeness (QED) is 0.743. The van der Waals surface area contributed by atoms with E-state index in [0.29, 0.717) is 0 Å². The maximum Gasteiger partial charge on any atom is 0.512 e. The van der Waals surface area contributed by atoms with Gasteiger partial charge in [0.2, 0.25) is 5.88 Å². The maximum absolute atomic E-state index is 9.91. The molecule has 2 rings (SSSR count). The van der Waals surface area contributed by atoms with Gasteiger partial charge in [0.15, 0.2) is 0 Å². The van der Waals surface area contributed by atoms with Crippen LogP contribution < -0.4 is 4.74 Å². The lowest BCUT2D eigenvalue weighted by Crippen LogP contribution is -2.03. The monoisotopic (exact) mass is 218 g/mol. The van der Waals surface area contributed by atoms with Crippen molar-refractivity contribution >= 4 is 6.16 Å². The molecule has 5 nitrogen and oxygen atoms in total. The lowest BCUT2D eigenvalue weighted by molar-refractivity contribution is 0.142. The summed E-state index contributed by atoms with van der Waals surface area (Å²) in [6.07, 6.45) is 3.61. The van der Waals surface area contributed by atoms with Gasteiger partial charge in [-0.25, -0.2) is 9.78 Å². The van der Waals surface area contributed by atoms with Crippen LogP contribution in [-0.4, -0.2) is 21.2 Å². The van der Waals surface area contributed by atoms with E-state index >= 15 is 0 Å². The fourth-order valence-electron chi connectivity index (χ4n) is 0.810. The molecule has 0 atom stereocenters. The molecular weight excluding hydrogens is 208 g/mol. The van der Waals surface area contributed by atoms with Gasteiger partial charge in [-0.2, -0.15) is 0 Å². The fourth-order valence-corrected chi connectivity index (χ4v) is 0.810. The first-order valence-electron chi connectivity index (χ1n) is 4.46. The van der Waals surface area contributed by atoms with Gasteiger partial charge >= 0.3 is 6.16 Å². The summed E-state index contributed by atoms with van der Waals surface area (Å²) in [6, 6.07) is 10.5. The number of hydrogen-bond acceptors (Lipinski definition) is 4. The Morgan fingerprint density at radius 2 is 1.75 bits per heavy atom. The molecular formula is C11H10N2O3. The van der Waals surface area contributed by atoms with Gasteiger partial charge in [-0.15, -0.1) is 0 Å². The molecule has 2 aromatic heterocycles. The van der Waals surface area contributed by atoms with Gasteiger partial charge in [0, 0.05) is 24.7 Å². The van der Waals surface area contributed by atoms with Crippen LogP contribution in [0.3, 0.4) is 0 Å². The van der Waals surface area contributed by atoms with Crippen molar-refractivity contribution < 1.29 is 14.6 Å². The second-order valence-electron chi connectivity index (χ2n) is 2.56. The highest BCUT2D eigenvalue weighted by Gasteiger charge is 1.97. The number of carbonyl (C=O) groups is 1. The van der Waals surface area contributed by atoms with Crippen LogP contribution in [0.15, 0.2) is 55.0 Å². The number of carboxylic acid groups (broad SMARTS) is 1. The summed E-state index contributed by atoms with van der Waals surface area (Å²) in [5, 5.41) is 8.10. The molecule has 0 aliphatic rings. The molecule has 0 saturated carbocycles. The number of pyridine rings is 2. The third kappa shape index (κ3) is 5.33. The molecule has 2 heterocycles. The Morgan fingerprint density at radius 1 is 1.06 bits per heavy atom.